The molecular weight excluding hydrogens is 250 g/mol. The maximum atomic E-state index is 11.9. The molecule has 7 heteroatoms. The third kappa shape index (κ3) is 2.78. The molecule has 1 fully saturated rings. The Morgan fingerprint density at radius 2 is 2.37 bits per heavy atom. The lowest BCUT2D eigenvalue weighted by Crippen LogP contribution is -2.29. The number of hydrogen-bond donors (Lipinski definition) is 3. The average Bonchev–Trinajstić information content (AvgIpc) is 2.75. The van der Waals surface area contributed by atoms with Crippen LogP contribution in [0.3, 0.4) is 0 Å². The number of anilines is 1. The quantitative estimate of drug-likeness (QED) is 0.690. The minimum absolute atomic E-state index is 0.270. The molecule has 1 saturated heterocycles. The van der Waals surface area contributed by atoms with Crippen molar-refractivity contribution in [1.82, 2.24) is 9.55 Å². The van der Waals surface area contributed by atoms with Crippen molar-refractivity contribution in [2.24, 2.45) is 0 Å². The van der Waals surface area contributed by atoms with E-state index < -0.39 is 24.1 Å². The Kier molecular flexibility index (Phi) is 4.18. The molecule has 1 aromatic heterocycles. The van der Waals surface area contributed by atoms with E-state index in [1.165, 1.54) is 4.57 Å². The van der Waals surface area contributed by atoms with E-state index in [9.17, 15) is 9.90 Å². The molecule has 3 N–H and O–H groups in total. The van der Waals surface area contributed by atoms with E-state index in [0.29, 0.717) is 12.4 Å². The number of aromatic nitrogens is 2. The summed E-state index contributed by atoms with van der Waals surface area (Å²) in [7, 11) is 0. The van der Waals surface area contributed by atoms with Crippen LogP contribution in [-0.2, 0) is 4.74 Å². The number of ether oxygens (including phenoxy) is 1. The van der Waals surface area contributed by atoms with Gasteiger partial charge in [-0.15, -0.1) is 0 Å². The van der Waals surface area contributed by atoms with Crippen molar-refractivity contribution in [2.45, 2.75) is 38.7 Å². The Morgan fingerprint density at radius 3 is 2.95 bits per heavy atom. The largest absolute Gasteiger partial charge is 0.394 e. The number of aryl methyl sites for hydroxylation is 1. The van der Waals surface area contributed by atoms with Crippen LogP contribution in [0.15, 0.2) is 11.0 Å². The van der Waals surface area contributed by atoms with E-state index in [1.807, 2.05) is 13.8 Å². The molecule has 0 aromatic carbocycles. The van der Waals surface area contributed by atoms with Crippen molar-refractivity contribution in [2.75, 3.05) is 18.5 Å². The Bertz CT molecular complexity index is 502. The molecule has 0 unspecified atom stereocenters. The molecule has 1 aliphatic rings. The summed E-state index contributed by atoms with van der Waals surface area (Å²) in [6, 6.07) is 0. The summed E-state index contributed by atoms with van der Waals surface area (Å²) in [6.07, 6.45) is -0.0695. The average molecular weight is 269 g/mol. The molecule has 7 nitrogen and oxygen atoms in total. The van der Waals surface area contributed by atoms with Crippen molar-refractivity contribution < 1.29 is 14.9 Å². The van der Waals surface area contributed by atoms with E-state index >= 15 is 0 Å². The molecule has 0 saturated carbocycles. The SMILES string of the molecule is CCNc1nc(=O)n([C@@H]2C[C@@H](O)[C@H](CO)O2)cc1C. The van der Waals surface area contributed by atoms with Crippen molar-refractivity contribution >= 4 is 5.82 Å². The van der Waals surface area contributed by atoms with Crippen LogP contribution >= 0.6 is 0 Å². The lowest BCUT2D eigenvalue weighted by atomic mass is 10.2. The maximum absolute atomic E-state index is 11.9. The van der Waals surface area contributed by atoms with Crippen molar-refractivity contribution in [3.63, 3.8) is 0 Å². The summed E-state index contributed by atoms with van der Waals surface area (Å²) in [5, 5.41) is 21.7. The fraction of sp³-hybridized carbons (Fsp3) is 0.667. The smallest absolute Gasteiger partial charge is 0.351 e. The summed E-state index contributed by atoms with van der Waals surface area (Å²) in [5.74, 6) is 0.556. The third-order valence-corrected chi connectivity index (χ3v) is 3.17. The predicted molar refractivity (Wildman–Crippen MR) is 69.0 cm³/mol. The Balaban J connectivity index is 2.27. The highest BCUT2D eigenvalue weighted by molar-refractivity contribution is 5.41. The molecule has 0 aliphatic carbocycles. The van der Waals surface area contributed by atoms with Gasteiger partial charge in [-0.2, -0.15) is 4.98 Å². The standard InChI is InChI=1S/C12H19N3O4/c1-3-13-11-7(2)5-15(12(18)14-11)10-4-8(17)9(6-16)19-10/h5,8-10,16-17H,3-4,6H2,1-2H3,(H,13,14,18)/t8-,9+,10+/m1/s1. The number of nitrogens with zero attached hydrogens (tertiary/aromatic N) is 2. The van der Waals surface area contributed by atoms with Gasteiger partial charge in [-0.05, 0) is 13.8 Å². The summed E-state index contributed by atoms with van der Waals surface area (Å²) < 4.78 is 6.80. The van der Waals surface area contributed by atoms with Gasteiger partial charge in [-0.3, -0.25) is 4.57 Å². The third-order valence-electron chi connectivity index (χ3n) is 3.17. The number of aliphatic hydroxyl groups excluding tert-OH is 2. The second-order valence-corrected chi connectivity index (χ2v) is 4.61. The van der Waals surface area contributed by atoms with Gasteiger partial charge in [-0.25, -0.2) is 4.79 Å². The molecule has 106 valence electrons. The van der Waals surface area contributed by atoms with Gasteiger partial charge in [0.25, 0.3) is 0 Å². The molecule has 0 bridgehead atoms. The van der Waals surface area contributed by atoms with Crippen LogP contribution in [0.2, 0.25) is 0 Å². The fourth-order valence-electron chi connectivity index (χ4n) is 2.17. The first kappa shape index (κ1) is 14.0. The summed E-state index contributed by atoms with van der Waals surface area (Å²) >= 11 is 0. The zero-order chi connectivity index (χ0) is 14.0. The van der Waals surface area contributed by atoms with Crippen LogP contribution in [0.5, 0.6) is 0 Å². The molecule has 2 rings (SSSR count). The topological polar surface area (TPSA) is 96.6 Å². The Labute approximate surface area is 110 Å². The molecule has 2 heterocycles. The minimum Gasteiger partial charge on any atom is -0.394 e. The Hall–Kier alpha value is -1.44. The normalized spacial score (nSPS) is 26.6. The van der Waals surface area contributed by atoms with Gasteiger partial charge in [-0.1, -0.05) is 0 Å². The van der Waals surface area contributed by atoms with E-state index in [0.717, 1.165) is 5.56 Å². The van der Waals surface area contributed by atoms with Crippen LogP contribution in [0.4, 0.5) is 5.82 Å². The molecule has 0 spiro atoms. The first-order chi connectivity index (χ1) is 9.06. The number of aliphatic hydroxyl groups is 2. The second-order valence-electron chi connectivity index (χ2n) is 4.61. The van der Waals surface area contributed by atoms with E-state index in [2.05, 4.69) is 10.3 Å². The van der Waals surface area contributed by atoms with Crippen LogP contribution in [0.25, 0.3) is 0 Å². The van der Waals surface area contributed by atoms with Crippen molar-refractivity contribution in [1.29, 1.82) is 0 Å². The van der Waals surface area contributed by atoms with Crippen LogP contribution in [0, 0.1) is 6.92 Å². The van der Waals surface area contributed by atoms with Crippen LogP contribution < -0.4 is 11.0 Å². The monoisotopic (exact) mass is 269 g/mol. The number of hydrogen-bond acceptors (Lipinski definition) is 6. The summed E-state index contributed by atoms with van der Waals surface area (Å²) in [4.78, 5) is 15.9. The second kappa shape index (κ2) is 5.68. The van der Waals surface area contributed by atoms with Crippen molar-refractivity contribution in [3.05, 3.63) is 22.2 Å². The summed E-state index contributed by atoms with van der Waals surface area (Å²) in [6.45, 7) is 4.18. The molecular formula is C12H19N3O4. The molecule has 0 radical (unpaired) electrons. The molecule has 1 aromatic rings. The highest BCUT2D eigenvalue weighted by Crippen LogP contribution is 2.27. The maximum Gasteiger partial charge on any atom is 0.351 e. The highest BCUT2D eigenvalue weighted by atomic mass is 16.5. The summed E-state index contributed by atoms with van der Waals surface area (Å²) in [5.41, 5.74) is 0.393. The first-order valence-electron chi connectivity index (χ1n) is 6.34. The minimum atomic E-state index is -0.768. The molecule has 3 atom stereocenters. The van der Waals surface area contributed by atoms with Gasteiger partial charge in [0.05, 0.1) is 12.7 Å². The zero-order valence-electron chi connectivity index (χ0n) is 11.0. The highest BCUT2D eigenvalue weighted by Gasteiger charge is 2.35. The first-order valence-corrected chi connectivity index (χ1v) is 6.34. The van der Waals surface area contributed by atoms with Gasteiger partial charge >= 0.3 is 5.69 Å². The van der Waals surface area contributed by atoms with Crippen molar-refractivity contribution in [3.8, 4) is 0 Å². The van der Waals surface area contributed by atoms with Crippen LogP contribution in [0.1, 0.15) is 25.1 Å². The van der Waals surface area contributed by atoms with E-state index in [4.69, 9.17) is 9.84 Å². The lowest BCUT2D eigenvalue weighted by Gasteiger charge is -2.16. The zero-order valence-corrected chi connectivity index (χ0v) is 11.0. The Morgan fingerprint density at radius 1 is 1.63 bits per heavy atom. The molecule has 0 amide bonds. The van der Waals surface area contributed by atoms with E-state index in [-0.39, 0.29) is 13.0 Å². The predicted octanol–water partition coefficient (Wildman–Crippen LogP) is -0.376. The van der Waals surface area contributed by atoms with Gasteiger partial charge in [0, 0.05) is 24.7 Å². The molecule has 19 heavy (non-hydrogen) atoms. The number of rotatable bonds is 4. The van der Waals surface area contributed by atoms with E-state index in [1.54, 1.807) is 6.20 Å². The fourth-order valence-corrected chi connectivity index (χ4v) is 2.17. The number of nitrogens with one attached hydrogen (secondary N) is 1. The lowest BCUT2D eigenvalue weighted by molar-refractivity contribution is -0.0459. The van der Waals surface area contributed by atoms with Crippen LogP contribution in [-0.4, -0.2) is 45.1 Å². The van der Waals surface area contributed by atoms with Gasteiger partial charge < -0.3 is 20.3 Å². The van der Waals surface area contributed by atoms with Gasteiger partial charge in [0.15, 0.2) is 0 Å². The molecule has 1 aliphatic heterocycles. The van der Waals surface area contributed by atoms with Gasteiger partial charge in [0.1, 0.15) is 18.1 Å². The van der Waals surface area contributed by atoms with Gasteiger partial charge in [0.2, 0.25) is 0 Å².